The summed E-state index contributed by atoms with van der Waals surface area (Å²) in [5.74, 6) is 4.64. The monoisotopic (exact) mass is 262 g/mol. The first-order valence-electron chi connectivity index (χ1n) is 6.07. The van der Waals surface area contributed by atoms with E-state index in [4.69, 9.17) is 5.84 Å². The Balaban J connectivity index is 2.23. The lowest BCUT2D eigenvalue weighted by Gasteiger charge is -2.17. The Morgan fingerprint density at radius 3 is 2.42 bits per heavy atom. The van der Waals surface area contributed by atoms with Gasteiger partial charge >= 0.3 is 0 Å². The molecule has 1 unspecified atom stereocenters. The van der Waals surface area contributed by atoms with E-state index in [2.05, 4.69) is 5.43 Å². The average Bonchev–Trinajstić information content (AvgIpc) is 2.41. The van der Waals surface area contributed by atoms with Crippen LogP contribution >= 0.6 is 0 Å². The van der Waals surface area contributed by atoms with Crippen molar-refractivity contribution in [3.8, 4) is 0 Å². The molecule has 0 fully saturated rings. The summed E-state index contributed by atoms with van der Waals surface area (Å²) < 4.78 is 26.7. The molecule has 100 valence electrons. The van der Waals surface area contributed by atoms with Gasteiger partial charge in [0.05, 0.1) is 6.04 Å². The molecule has 0 saturated heterocycles. The van der Waals surface area contributed by atoms with Crippen LogP contribution in [-0.4, -0.2) is 0 Å². The molecule has 0 aliphatic rings. The van der Waals surface area contributed by atoms with E-state index >= 15 is 0 Å². The fourth-order valence-corrected chi connectivity index (χ4v) is 1.99. The van der Waals surface area contributed by atoms with Gasteiger partial charge in [0, 0.05) is 0 Å². The Kier molecular flexibility index (Phi) is 4.24. The van der Waals surface area contributed by atoms with E-state index in [0.29, 0.717) is 12.0 Å². The standard InChI is InChI=1S/C15H16F2N2/c1-10-2-4-11(5-3-10)15(19-18)9-12-8-13(16)6-7-14(12)17/h2-8,15,19H,9,18H2,1H3. The van der Waals surface area contributed by atoms with Crippen LogP contribution in [-0.2, 0) is 6.42 Å². The summed E-state index contributed by atoms with van der Waals surface area (Å²) in [6.07, 6.45) is 0.295. The first kappa shape index (κ1) is 13.6. The lowest BCUT2D eigenvalue weighted by molar-refractivity contribution is 0.523. The molecule has 2 nitrogen and oxygen atoms in total. The summed E-state index contributed by atoms with van der Waals surface area (Å²) in [5, 5.41) is 0. The number of hydrazine groups is 1. The number of benzene rings is 2. The Labute approximate surface area is 111 Å². The normalized spacial score (nSPS) is 12.4. The van der Waals surface area contributed by atoms with Crippen molar-refractivity contribution in [2.45, 2.75) is 19.4 Å². The van der Waals surface area contributed by atoms with E-state index < -0.39 is 11.6 Å². The third kappa shape index (κ3) is 3.36. The van der Waals surface area contributed by atoms with E-state index in [1.165, 1.54) is 6.07 Å². The van der Waals surface area contributed by atoms with Crippen LogP contribution in [0.5, 0.6) is 0 Å². The zero-order chi connectivity index (χ0) is 13.8. The highest BCUT2D eigenvalue weighted by Gasteiger charge is 2.13. The van der Waals surface area contributed by atoms with Crippen molar-refractivity contribution in [3.05, 3.63) is 70.8 Å². The average molecular weight is 262 g/mol. The molecule has 2 aromatic rings. The largest absolute Gasteiger partial charge is 0.271 e. The smallest absolute Gasteiger partial charge is 0.126 e. The third-order valence-corrected chi connectivity index (χ3v) is 3.11. The molecule has 0 aromatic heterocycles. The van der Waals surface area contributed by atoms with Crippen LogP contribution in [0.3, 0.4) is 0 Å². The summed E-state index contributed by atoms with van der Waals surface area (Å²) >= 11 is 0. The van der Waals surface area contributed by atoms with Crippen molar-refractivity contribution >= 4 is 0 Å². The minimum atomic E-state index is -0.448. The second-order valence-corrected chi connectivity index (χ2v) is 4.57. The summed E-state index contributed by atoms with van der Waals surface area (Å²) in [6.45, 7) is 1.99. The predicted octanol–water partition coefficient (Wildman–Crippen LogP) is 3.02. The molecule has 3 N–H and O–H groups in total. The molecule has 0 aliphatic carbocycles. The molecule has 0 bridgehead atoms. The molecule has 0 amide bonds. The minimum Gasteiger partial charge on any atom is -0.271 e. The van der Waals surface area contributed by atoms with Gasteiger partial charge in [0.2, 0.25) is 0 Å². The molecule has 19 heavy (non-hydrogen) atoms. The van der Waals surface area contributed by atoms with E-state index in [1.54, 1.807) is 0 Å². The maximum Gasteiger partial charge on any atom is 0.126 e. The van der Waals surface area contributed by atoms with Crippen molar-refractivity contribution in [2.24, 2.45) is 5.84 Å². The van der Waals surface area contributed by atoms with Crippen molar-refractivity contribution in [1.82, 2.24) is 5.43 Å². The number of halogens is 2. The fourth-order valence-electron chi connectivity index (χ4n) is 1.99. The maximum atomic E-state index is 13.6. The van der Waals surface area contributed by atoms with Crippen molar-refractivity contribution in [1.29, 1.82) is 0 Å². The number of rotatable bonds is 4. The van der Waals surface area contributed by atoms with Gasteiger partial charge in [-0.2, -0.15) is 0 Å². The molecule has 0 aliphatic heterocycles. The Bertz CT molecular complexity index is 553. The second kappa shape index (κ2) is 5.91. The van der Waals surface area contributed by atoms with E-state index in [9.17, 15) is 8.78 Å². The number of nitrogens with one attached hydrogen (secondary N) is 1. The molecule has 4 heteroatoms. The molecule has 0 spiro atoms. The van der Waals surface area contributed by atoms with Gasteiger partial charge in [-0.15, -0.1) is 0 Å². The van der Waals surface area contributed by atoms with E-state index in [0.717, 1.165) is 23.3 Å². The first-order valence-corrected chi connectivity index (χ1v) is 6.07. The first-order chi connectivity index (χ1) is 9.10. The summed E-state index contributed by atoms with van der Waals surface area (Å²) in [5.41, 5.74) is 5.03. The van der Waals surface area contributed by atoms with Gasteiger partial charge in [0.1, 0.15) is 11.6 Å². The zero-order valence-electron chi connectivity index (χ0n) is 10.7. The van der Waals surface area contributed by atoms with Crippen LogP contribution in [0.25, 0.3) is 0 Å². The molecule has 1 atom stereocenters. The fraction of sp³-hybridized carbons (Fsp3) is 0.200. The van der Waals surface area contributed by atoms with Crippen molar-refractivity contribution in [2.75, 3.05) is 0 Å². The lowest BCUT2D eigenvalue weighted by atomic mass is 9.98. The highest BCUT2D eigenvalue weighted by molar-refractivity contribution is 5.27. The van der Waals surface area contributed by atoms with E-state index in [-0.39, 0.29) is 6.04 Å². The Morgan fingerprint density at radius 2 is 1.79 bits per heavy atom. The summed E-state index contributed by atoms with van der Waals surface area (Å²) in [4.78, 5) is 0. The maximum absolute atomic E-state index is 13.6. The SMILES string of the molecule is Cc1ccc(C(Cc2cc(F)ccc2F)NN)cc1. The van der Waals surface area contributed by atoms with Crippen molar-refractivity contribution in [3.63, 3.8) is 0 Å². The quantitative estimate of drug-likeness (QED) is 0.656. The van der Waals surface area contributed by atoms with Crippen LogP contribution in [0.15, 0.2) is 42.5 Å². The van der Waals surface area contributed by atoms with Crippen LogP contribution in [0.2, 0.25) is 0 Å². The molecule has 2 rings (SSSR count). The van der Waals surface area contributed by atoms with Crippen LogP contribution in [0, 0.1) is 18.6 Å². The minimum absolute atomic E-state index is 0.253. The summed E-state index contributed by atoms with van der Waals surface area (Å²) in [7, 11) is 0. The van der Waals surface area contributed by atoms with Gasteiger partial charge in [0.25, 0.3) is 0 Å². The van der Waals surface area contributed by atoms with E-state index in [1.807, 2.05) is 31.2 Å². The predicted molar refractivity (Wildman–Crippen MR) is 71.3 cm³/mol. The van der Waals surface area contributed by atoms with Gasteiger partial charge in [0.15, 0.2) is 0 Å². The topological polar surface area (TPSA) is 38.0 Å². The Morgan fingerprint density at radius 1 is 1.11 bits per heavy atom. The highest BCUT2D eigenvalue weighted by atomic mass is 19.1. The van der Waals surface area contributed by atoms with Crippen LogP contribution in [0.1, 0.15) is 22.7 Å². The molecular formula is C15H16F2N2. The van der Waals surface area contributed by atoms with Crippen LogP contribution in [0.4, 0.5) is 8.78 Å². The van der Waals surface area contributed by atoms with Gasteiger partial charge in [-0.1, -0.05) is 29.8 Å². The van der Waals surface area contributed by atoms with Gasteiger partial charge in [-0.3, -0.25) is 11.3 Å². The molecule has 0 heterocycles. The molecule has 0 radical (unpaired) electrons. The lowest BCUT2D eigenvalue weighted by Crippen LogP contribution is -2.29. The number of aryl methyl sites for hydroxylation is 1. The van der Waals surface area contributed by atoms with Gasteiger partial charge in [-0.05, 0) is 42.7 Å². The number of nitrogens with two attached hydrogens (primary N) is 1. The van der Waals surface area contributed by atoms with Gasteiger partial charge < -0.3 is 0 Å². The molecular weight excluding hydrogens is 246 g/mol. The Hall–Kier alpha value is -1.78. The zero-order valence-corrected chi connectivity index (χ0v) is 10.7. The summed E-state index contributed by atoms with van der Waals surface area (Å²) in [6, 6.07) is 11.0. The van der Waals surface area contributed by atoms with Crippen LogP contribution < -0.4 is 11.3 Å². The molecule has 0 saturated carbocycles. The van der Waals surface area contributed by atoms with Gasteiger partial charge in [-0.25, -0.2) is 8.78 Å². The third-order valence-electron chi connectivity index (χ3n) is 3.11. The number of hydrogen-bond acceptors (Lipinski definition) is 2. The second-order valence-electron chi connectivity index (χ2n) is 4.57. The highest BCUT2D eigenvalue weighted by Crippen LogP contribution is 2.20. The number of hydrogen-bond donors (Lipinski definition) is 2. The van der Waals surface area contributed by atoms with Crippen molar-refractivity contribution < 1.29 is 8.78 Å². The molecule has 2 aromatic carbocycles.